The Bertz CT molecular complexity index is 458. The number of benzene rings is 1. The van der Waals surface area contributed by atoms with E-state index in [2.05, 4.69) is 5.32 Å². The molecule has 0 spiro atoms. The van der Waals surface area contributed by atoms with Crippen LogP contribution in [0, 0.1) is 17.0 Å². The van der Waals surface area contributed by atoms with E-state index in [1.165, 1.54) is 12.1 Å². The van der Waals surface area contributed by atoms with Gasteiger partial charge in [0.05, 0.1) is 4.92 Å². The van der Waals surface area contributed by atoms with Crippen LogP contribution in [0.5, 0.6) is 0 Å². The van der Waals surface area contributed by atoms with Gasteiger partial charge in [0.1, 0.15) is 0 Å². The maximum absolute atomic E-state index is 11.5. The zero-order chi connectivity index (χ0) is 13.7. The first kappa shape index (κ1) is 14.1. The van der Waals surface area contributed by atoms with Crippen LogP contribution in [-0.4, -0.2) is 16.9 Å². The molecule has 0 saturated carbocycles. The first-order valence-corrected chi connectivity index (χ1v) is 5.70. The molecule has 0 aliphatic heterocycles. The largest absolute Gasteiger partial charge is 0.328 e. The fourth-order valence-electron chi connectivity index (χ4n) is 1.52. The van der Waals surface area contributed by atoms with Gasteiger partial charge >= 0.3 is 0 Å². The van der Waals surface area contributed by atoms with Gasteiger partial charge in [0, 0.05) is 29.8 Å². The maximum Gasteiger partial charge on any atom is 0.272 e. The minimum atomic E-state index is -0.447. The Balaban J connectivity index is 2.66. The van der Waals surface area contributed by atoms with Crippen molar-refractivity contribution in [3.8, 4) is 0 Å². The van der Waals surface area contributed by atoms with Crippen molar-refractivity contribution in [1.29, 1.82) is 0 Å². The summed E-state index contributed by atoms with van der Waals surface area (Å²) >= 11 is 0. The van der Waals surface area contributed by atoms with Crippen LogP contribution in [-0.2, 0) is 4.79 Å². The SMILES string of the molecule is Cc1cc(NC(=O)CCC(C)N)ccc1[N+](=O)[O-]. The summed E-state index contributed by atoms with van der Waals surface area (Å²) in [7, 11) is 0. The highest BCUT2D eigenvalue weighted by molar-refractivity contribution is 5.90. The summed E-state index contributed by atoms with van der Waals surface area (Å²) in [4.78, 5) is 21.7. The number of nitro benzene ring substituents is 1. The second kappa shape index (κ2) is 6.11. The summed E-state index contributed by atoms with van der Waals surface area (Å²) in [6.45, 7) is 3.47. The van der Waals surface area contributed by atoms with Crippen molar-refractivity contribution in [3.63, 3.8) is 0 Å². The van der Waals surface area contributed by atoms with Gasteiger partial charge in [-0.1, -0.05) is 0 Å². The lowest BCUT2D eigenvalue weighted by molar-refractivity contribution is -0.385. The molecule has 0 fully saturated rings. The minimum Gasteiger partial charge on any atom is -0.328 e. The third-order valence-corrected chi connectivity index (χ3v) is 2.50. The molecule has 0 aromatic heterocycles. The highest BCUT2D eigenvalue weighted by Crippen LogP contribution is 2.21. The molecule has 0 heterocycles. The van der Waals surface area contributed by atoms with Crippen molar-refractivity contribution in [1.82, 2.24) is 0 Å². The van der Waals surface area contributed by atoms with Gasteiger partial charge in [0.2, 0.25) is 5.91 Å². The van der Waals surface area contributed by atoms with Gasteiger partial charge in [-0.05, 0) is 32.4 Å². The van der Waals surface area contributed by atoms with E-state index in [0.717, 1.165) is 0 Å². The molecule has 1 aromatic rings. The maximum atomic E-state index is 11.5. The van der Waals surface area contributed by atoms with E-state index < -0.39 is 4.92 Å². The topological polar surface area (TPSA) is 98.3 Å². The van der Waals surface area contributed by atoms with Crippen LogP contribution in [0.25, 0.3) is 0 Å². The molecule has 1 aromatic carbocycles. The van der Waals surface area contributed by atoms with E-state index in [0.29, 0.717) is 24.1 Å². The lowest BCUT2D eigenvalue weighted by Gasteiger charge is -2.07. The van der Waals surface area contributed by atoms with Gasteiger partial charge in [-0.3, -0.25) is 14.9 Å². The number of carbonyl (C=O) groups is 1. The smallest absolute Gasteiger partial charge is 0.272 e. The number of carbonyl (C=O) groups excluding carboxylic acids is 1. The van der Waals surface area contributed by atoms with Crippen LogP contribution in [0.15, 0.2) is 18.2 Å². The Kier molecular flexibility index (Phi) is 4.79. The molecule has 0 bridgehead atoms. The van der Waals surface area contributed by atoms with Crippen molar-refractivity contribution in [2.75, 3.05) is 5.32 Å². The van der Waals surface area contributed by atoms with Crippen molar-refractivity contribution in [3.05, 3.63) is 33.9 Å². The lowest BCUT2D eigenvalue weighted by Crippen LogP contribution is -2.19. The molecule has 3 N–H and O–H groups in total. The molecule has 1 atom stereocenters. The fourth-order valence-corrected chi connectivity index (χ4v) is 1.52. The number of hydrogen-bond donors (Lipinski definition) is 2. The number of aryl methyl sites for hydroxylation is 1. The number of rotatable bonds is 5. The van der Waals surface area contributed by atoms with E-state index in [1.807, 2.05) is 6.92 Å². The van der Waals surface area contributed by atoms with Crippen LogP contribution < -0.4 is 11.1 Å². The van der Waals surface area contributed by atoms with Gasteiger partial charge in [-0.2, -0.15) is 0 Å². The average Bonchev–Trinajstić information content (AvgIpc) is 2.26. The van der Waals surface area contributed by atoms with Crippen molar-refractivity contribution in [2.45, 2.75) is 32.7 Å². The van der Waals surface area contributed by atoms with Crippen LogP contribution in [0.3, 0.4) is 0 Å². The Morgan fingerprint density at radius 3 is 2.72 bits per heavy atom. The van der Waals surface area contributed by atoms with E-state index in [-0.39, 0.29) is 17.6 Å². The van der Waals surface area contributed by atoms with E-state index >= 15 is 0 Å². The molecule has 0 saturated heterocycles. The first-order valence-electron chi connectivity index (χ1n) is 5.70. The van der Waals surface area contributed by atoms with Crippen LogP contribution in [0.1, 0.15) is 25.3 Å². The summed E-state index contributed by atoms with van der Waals surface area (Å²) in [6, 6.07) is 4.47. The summed E-state index contributed by atoms with van der Waals surface area (Å²) in [5.41, 5.74) is 6.68. The second-order valence-electron chi connectivity index (χ2n) is 4.32. The van der Waals surface area contributed by atoms with E-state index in [1.54, 1.807) is 13.0 Å². The van der Waals surface area contributed by atoms with Crippen molar-refractivity contribution >= 4 is 17.3 Å². The Morgan fingerprint density at radius 1 is 1.56 bits per heavy atom. The number of amides is 1. The molecule has 18 heavy (non-hydrogen) atoms. The second-order valence-corrected chi connectivity index (χ2v) is 4.32. The lowest BCUT2D eigenvalue weighted by atomic mass is 10.1. The molecular formula is C12H17N3O3. The van der Waals surface area contributed by atoms with E-state index in [9.17, 15) is 14.9 Å². The number of nitro groups is 1. The van der Waals surface area contributed by atoms with Crippen LogP contribution in [0.4, 0.5) is 11.4 Å². The van der Waals surface area contributed by atoms with Crippen molar-refractivity contribution < 1.29 is 9.72 Å². The van der Waals surface area contributed by atoms with Gasteiger partial charge in [0.15, 0.2) is 0 Å². The van der Waals surface area contributed by atoms with Gasteiger partial charge in [-0.15, -0.1) is 0 Å². The standard InChI is InChI=1S/C12H17N3O3/c1-8-7-10(4-5-11(8)15(17)18)14-12(16)6-3-9(2)13/h4-5,7,9H,3,6,13H2,1-2H3,(H,14,16). The molecule has 1 amide bonds. The molecule has 6 nitrogen and oxygen atoms in total. The third kappa shape index (κ3) is 4.14. The first-order chi connectivity index (χ1) is 8.40. The monoisotopic (exact) mass is 251 g/mol. The number of nitrogens with zero attached hydrogens (tertiary/aromatic N) is 1. The number of anilines is 1. The highest BCUT2D eigenvalue weighted by atomic mass is 16.6. The molecule has 1 rings (SSSR count). The molecule has 98 valence electrons. The van der Waals surface area contributed by atoms with Gasteiger partial charge in [0.25, 0.3) is 5.69 Å². The molecule has 0 aliphatic rings. The van der Waals surface area contributed by atoms with Gasteiger partial charge < -0.3 is 11.1 Å². The highest BCUT2D eigenvalue weighted by Gasteiger charge is 2.11. The van der Waals surface area contributed by atoms with Gasteiger partial charge in [-0.25, -0.2) is 0 Å². The predicted molar refractivity (Wildman–Crippen MR) is 69.3 cm³/mol. The molecular weight excluding hydrogens is 234 g/mol. The third-order valence-electron chi connectivity index (χ3n) is 2.50. The molecule has 0 radical (unpaired) electrons. The summed E-state index contributed by atoms with van der Waals surface area (Å²) < 4.78 is 0. The summed E-state index contributed by atoms with van der Waals surface area (Å²) in [5, 5.41) is 13.3. The summed E-state index contributed by atoms with van der Waals surface area (Å²) in [5.74, 6) is -0.138. The minimum absolute atomic E-state index is 0.0191. The Hall–Kier alpha value is -1.95. The quantitative estimate of drug-likeness (QED) is 0.617. The molecule has 6 heteroatoms. The normalized spacial score (nSPS) is 11.9. The van der Waals surface area contributed by atoms with Crippen LogP contribution >= 0.6 is 0 Å². The van der Waals surface area contributed by atoms with Crippen molar-refractivity contribution in [2.24, 2.45) is 5.73 Å². The molecule has 1 unspecified atom stereocenters. The zero-order valence-corrected chi connectivity index (χ0v) is 10.5. The number of nitrogens with two attached hydrogens (primary N) is 1. The Morgan fingerprint density at radius 2 is 2.22 bits per heavy atom. The Labute approximate surface area is 105 Å². The predicted octanol–water partition coefficient (Wildman–Crippen LogP) is 1.97. The number of nitrogens with one attached hydrogen (secondary N) is 1. The average molecular weight is 251 g/mol. The van der Waals surface area contributed by atoms with Crippen LogP contribution in [0.2, 0.25) is 0 Å². The summed E-state index contributed by atoms with van der Waals surface area (Å²) in [6.07, 6.45) is 0.950. The van der Waals surface area contributed by atoms with E-state index in [4.69, 9.17) is 5.73 Å². The fraction of sp³-hybridized carbons (Fsp3) is 0.417. The zero-order valence-electron chi connectivity index (χ0n) is 10.5. The molecule has 0 aliphatic carbocycles. The number of hydrogen-bond acceptors (Lipinski definition) is 4.